The molecule has 1 fully saturated rings. The molecule has 0 saturated carbocycles. The number of carboxylic acid groups (broad SMARTS) is 1. The van der Waals surface area contributed by atoms with Crippen molar-refractivity contribution in [2.24, 2.45) is 5.92 Å². The van der Waals surface area contributed by atoms with Crippen LogP contribution in [0.1, 0.15) is 12.8 Å². The lowest BCUT2D eigenvalue weighted by Crippen LogP contribution is -2.40. The van der Waals surface area contributed by atoms with Crippen LogP contribution >= 0.6 is 0 Å². The van der Waals surface area contributed by atoms with Gasteiger partial charge in [-0.25, -0.2) is 23.5 Å². The molecule has 1 saturated heterocycles. The lowest BCUT2D eigenvalue weighted by atomic mass is 9.96. The van der Waals surface area contributed by atoms with Crippen molar-refractivity contribution in [2.45, 2.75) is 12.8 Å². The molecule has 1 aliphatic heterocycles. The number of piperidine rings is 1. The largest absolute Gasteiger partial charge is 0.465 e. The number of amides is 1. The topological polar surface area (TPSA) is 78.8 Å². The number of ether oxygens (including phenoxy) is 1. The van der Waals surface area contributed by atoms with E-state index in [-0.39, 0.29) is 11.6 Å². The lowest BCUT2D eigenvalue weighted by molar-refractivity contribution is 0.125. The summed E-state index contributed by atoms with van der Waals surface area (Å²) >= 11 is 0. The fraction of sp³-hybridized carbons (Fsp3) is 0.389. The van der Waals surface area contributed by atoms with Gasteiger partial charge in [0.25, 0.3) is 0 Å². The van der Waals surface area contributed by atoms with E-state index in [0.717, 1.165) is 31.0 Å². The molecule has 1 aromatic carbocycles. The number of hydrogen-bond acceptors (Lipinski definition) is 5. The average molecular weight is 378 g/mol. The third kappa shape index (κ3) is 4.81. The molecule has 1 aliphatic rings. The van der Waals surface area contributed by atoms with E-state index in [2.05, 4.69) is 9.97 Å². The van der Waals surface area contributed by atoms with Gasteiger partial charge in [0.15, 0.2) is 11.6 Å². The van der Waals surface area contributed by atoms with E-state index in [9.17, 15) is 13.6 Å². The highest BCUT2D eigenvalue weighted by Gasteiger charge is 2.23. The van der Waals surface area contributed by atoms with Crippen LogP contribution in [0.15, 0.2) is 30.6 Å². The van der Waals surface area contributed by atoms with E-state index in [1.807, 2.05) is 11.9 Å². The first-order valence-electron chi connectivity index (χ1n) is 8.56. The normalized spacial score (nSPS) is 14.9. The second kappa shape index (κ2) is 8.15. The van der Waals surface area contributed by atoms with Gasteiger partial charge in [0.2, 0.25) is 5.88 Å². The highest BCUT2D eigenvalue weighted by Crippen LogP contribution is 2.26. The Bertz CT molecular complexity index is 813. The maximum absolute atomic E-state index is 13.7. The van der Waals surface area contributed by atoms with E-state index >= 15 is 0 Å². The molecular formula is C18H20F2N4O3. The van der Waals surface area contributed by atoms with E-state index in [1.54, 1.807) is 6.07 Å². The van der Waals surface area contributed by atoms with Crippen molar-refractivity contribution < 1.29 is 23.4 Å². The van der Waals surface area contributed by atoms with Gasteiger partial charge in [-0.3, -0.25) is 0 Å². The number of nitrogens with zero attached hydrogens (tertiary/aromatic N) is 4. The summed E-state index contributed by atoms with van der Waals surface area (Å²) < 4.78 is 32.3. The van der Waals surface area contributed by atoms with E-state index in [1.165, 1.54) is 11.2 Å². The summed E-state index contributed by atoms with van der Waals surface area (Å²) in [6, 6.07) is 4.51. The molecular weight excluding hydrogens is 358 g/mol. The van der Waals surface area contributed by atoms with Crippen LogP contribution < -0.4 is 9.64 Å². The first-order valence-corrected chi connectivity index (χ1v) is 8.56. The molecule has 2 aromatic rings. The smallest absolute Gasteiger partial charge is 0.407 e. The predicted molar refractivity (Wildman–Crippen MR) is 94.1 cm³/mol. The van der Waals surface area contributed by atoms with Crippen LogP contribution in [-0.4, -0.2) is 52.7 Å². The van der Waals surface area contributed by atoms with Gasteiger partial charge in [0.1, 0.15) is 18.0 Å². The van der Waals surface area contributed by atoms with Crippen molar-refractivity contribution in [3.63, 3.8) is 0 Å². The average Bonchev–Trinajstić information content (AvgIpc) is 2.65. The molecule has 27 heavy (non-hydrogen) atoms. The van der Waals surface area contributed by atoms with Crippen molar-refractivity contribution in [1.82, 2.24) is 14.9 Å². The number of likely N-dealkylation sites (tertiary alicyclic amines) is 1. The van der Waals surface area contributed by atoms with Crippen LogP contribution in [-0.2, 0) is 0 Å². The second-order valence-electron chi connectivity index (χ2n) is 6.48. The third-order valence-corrected chi connectivity index (χ3v) is 4.54. The first kappa shape index (κ1) is 18.8. The van der Waals surface area contributed by atoms with Gasteiger partial charge in [-0.15, -0.1) is 0 Å². The summed E-state index contributed by atoms with van der Waals surface area (Å²) in [6.45, 7) is 1.73. The molecule has 7 nitrogen and oxygen atoms in total. The fourth-order valence-electron chi connectivity index (χ4n) is 3.05. The van der Waals surface area contributed by atoms with Crippen LogP contribution in [0, 0.1) is 17.6 Å². The second-order valence-corrected chi connectivity index (χ2v) is 6.48. The summed E-state index contributed by atoms with van der Waals surface area (Å²) in [5.41, 5.74) is 0. The summed E-state index contributed by atoms with van der Waals surface area (Å²) in [6.07, 6.45) is 1.97. The van der Waals surface area contributed by atoms with Gasteiger partial charge in [-0.2, -0.15) is 0 Å². The van der Waals surface area contributed by atoms with E-state index < -0.39 is 17.7 Å². The van der Waals surface area contributed by atoms with Crippen molar-refractivity contribution in [1.29, 1.82) is 0 Å². The van der Waals surface area contributed by atoms with Crippen molar-refractivity contribution in [3.8, 4) is 11.6 Å². The number of anilines is 1. The summed E-state index contributed by atoms with van der Waals surface area (Å²) in [4.78, 5) is 22.4. The minimum absolute atomic E-state index is 0.108. The van der Waals surface area contributed by atoms with Gasteiger partial charge in [0, 0.05) is 38.8 Å². The Kier molecular flexibility index (Phi) is 5.68. The molecule has 0 radical (unpaired) electrons. The minimum atomic E-state index is -0.885. The zero-order valence-electron chi connectivity index (χ0n) is 14.8. The quantitative estimate of drug-likeness (QED) is 0.859. The molecule has 0 unspecified atom stereocenters. The maximum atomic E-state index is 13.7. The van der Waals surface area contributed by atoms with Gasteiger partial charge in [-0.1, -0.05) is 0 Å². The highest BCUT2D eigenvalue weighted by atomic mass is 19.1. The Hall–Kier alpha value is -2.97. The minimum Gasteiger partial charge on any atom is -0.465 e. The van der Waals surface area contributed by atoms with Gasteiger partial charge < -0.3 is 19.6 Å². The zero-order valence-corrected chi connectivity index (χ0v) is 14.8. The van der Waals surface area contributed by atoms with Gasteiger partial charge in [-0.05, 0) is 30.9 Å². The van der Waals surface area contributed by atoms with Crippen LogP contribution in [0.2, 0.25) is 0 Å². The fourth-order valence-corrected chi connectivity index (χ4v) is 3.05. The Morgan fingerprint density at radius 1 is 1.30 bits per heavy atom. The Labute approximate surface area is 155 Å². The van der Waals surface area contributed by atoms with Crippen LogP contribution in [0.4, 0.5) is 19.4 Å². The SMILES string of the molecule is CN(CC1CCN(C(=O)O)CC1)c1cc(Oc2cc(F)ccc2F)ncn1. The number of hydrogen-bond donors (Lipinski definition) is 1. The molecule has 1 amide bonds. The molecule has 1 N–H and O–H groups in total. The first-order chi connectivity index (χ1) is 12.9. The maximum Gasteiger partial charge on any atom is 0.407 e. The Balaban J connectivity index is 1.63. The standard InChI is InChI=1S/C18H20F2N4O3/c1-23(10-12-4-6-24(7-5-12)18(25)26)16-9-17(22-11-21-16)27-15-8-13(19)2-3-14(15)20/h2-3,8-9,11-12H,4-7,10H2,1H3,(H,25,26). The molecule has 2 heterocycles. The summed E-state index contributed by atoms with van der Waals surface area (Å²) in [5.74, 6) is -0.510. The molecule has 144 valence electrons. The molecule has 0 bridgehead atoms. The molecule has 9 heteroatoms. The third-order valence-electron chi connectivity index (χ3n) is 4.54. The molecule has 0 aliphatic carbocycles. The predicted octanol–water partition coefficient (Wildman–Crippen LogP) is 3.37. The van der Waals surface area contributed by atoms with E-state index in [4.69, 9.17) is 9.84 Å². The van der Waals surface area contributed by atoms with Crippen molar-refractivity contribution in [2.75, 3.05) is 31.6 Å². The Morgan fingerprint density at radius 3 is 2.74 bits per heavy atom. The number of aromatic nitrogens is 2. The highest BCUT2D eigenvalue weighted by molar-refractivity contribution is 5.65. The molecule has 0 spiro atoms. The van der Waals surface area contributed by atoms with Gasteiger partial charge >= 0.3 is 6.09 Å². The van der Waals surface area contributed by atoms with Crippen LogP contribution in [0.3, 0.4) is 0 Å². The lowest BCUT2D eigenvalue weighted by Gasteiger charge is -2.32. The molecule has 0 atom stereocenters. The molecule has 1 aromatic heterocycles. The van der Waals surface area contributed by atoms with Crippen LogP contribution in [0.25, 0.3) is 0 Å². The Morgan fingerprint density at radius 2 is 2.04 bits per heavy atom. The zero-order chi connectivity index (χ0) is 19.4. The van der Waals surface area contributed by atoms with Crippen molar-refractivity contribution >= 4 is 11.9 Å². The number of halogens is 2. The van der Waals surface area contributed by atoms with Crippen molar-refractivity contribution in [3.05, 3.63) is 42.2 Å². The van der Waals surface area contributed by atoms with E-state index in [0.29, 0.717) is 31.4 Å². The van der Waals surface area contributed by atoms with Gasteiger partial charge in [0.05, 0.1) is 0 Å². The summed E-state index contributed by atoms with van der Waals surface area (Å²) in [5, 5.41) is 9.01. The number of benzene rings is 1. The molecule has 3 rings (SSSR count). The monoisotopic (exact) mass is 378 g/mol. The summed E-state index contributed by atoms with van der Waals surface area (Å²) in [7, 11) is 1.86. The van der Waals surface area contributed by atoms with Crippen LogP contribution in [0.5, 0.6) is 11.6 Å². The number of carbonyl (C=O) groups is 1. The number of rotatable bonds is 5.